The van der Waals surface area contributed by atoms with Gasteiger partial charge in [-0.15, -0.1) is 0 Å². The van der Waals surface area contributed by atoms with Gasteiger partial charge in [0.2, 0.25) is 0 Å². The molecule has 2 aromatic rings. The van der Waals surface area contributed by atoms with E-state index in [9.17, 15) is 14.7 Å². The lowest BCUT2D eigenvalue weighted by Crippen LogP contribution is -2.48. The fraction of sp³-hybridized carbons (Fsp3) is 0.294. The zero-order valence-corrected chi connectivity index (χ0v) is 12.2. The van der Waals surface area contributed by atoms with Gasteiger partial charge in [-0.05, 0) is 49.6 Å². The lowest BCUT2D eigenvalue weighted by atomic mass is 10.0. The number of carbonyl (C=O) groups is 2. The lowest BCUT2D eigenvalue weighted by Gasteiger charge is -2.33. The number of carboxylic acids is 1. The van der Waals surface area contributed by atoms with Crippen LogP contribution < -0.4 is 0 Å². The fourth-order valence-corrected chi connectivity index (χ4v) is 2.90. The van der Waals surface area contributed by atoms with Crippen LogP contribution in [0.5, 0.6) is 0 Å². The summed E-state index contributed by atoms with van der Waals surface area (Å²) >= 11 is 0. The number of likely N-dealkylation sites (tertiary alicyclic amines) is 1. The average Bonchev–Trinajstić information content (AvgIpc) is 3.09. The first-order valence-electron chi connectivity index (χ1n) is 7.44. The predicted octanol–water partition coefficient (Wildman–Crippen LogP) is 2.56. The van der Waals surface area contributed by atoms with E-state index in [1.54, 1.807) is 12.1 Å². The van der Waals surface area contributed by atoms with Crippen LogP contribution in [0.3, 0.4) is 0 Å². The van der Waals surface area contributed by atoms with Gasteiger partial charge < -0.3 is 14.6 Å². The number of hydrogen-bond acceptors (Lipinski definition) is 2. The van der Waals surface area contributed by atoms with Gasteiger partial charge in [0.05, 0.1) is 0 Å². The number of rotatable bonds is 3. The highest BCUT2D eigenvalue weighted by Crippen LogP contribution is 2.21. The number of carboxylic acid groups (broad SMARTS) is 1. The maximum absolute atomic E-state index is 12.7. The third-order valence-corrected chi connectivity index (χ3v) is 4.04. The first-order valence-corrected chi connectivity index (χ1v) is 7.44. The van der Waals surface area contributed by atoms with Crippen LogP contribution in [0.2, 0.25) is 0 Å². The van der Waals surface area contributed by atoms with Gasteiger partial charge in [0, 0.05) is 30.2 Å². The Labute approximate surface area is 128 Å². The molecule has 22 heavy (non-hydrogen) atoms. The SMILES string of the molecule is O=C(O)[C@H]1CCCCN1C(=O)c1cccc(-n2cccc2)c1. The Balaban J connectivity index is 1.88. The van der Waals surface area contributed by atoms with Crippen molar-refractivity contribution in [2.75, 3.05) is 6.54 Å². The molecule has 0 unspecified atom stereocenters. The fourth-order valence-electron chi connectivity index (χ4n) is 2.90. The van der Waals surface area contributed by atoms with Crippen molar-refractivity contribution < 1.29 is 14.7 Å². The highest BCUT2D eigenvalue weighted by atomic mass is 16.4. The van der Waals surface area contributed by atoms with E-state index in [0.29, 0.717) is 18.5 Å². The Kier molecular flexibility index (Phi) is 3.96. The van der Waals surface area contributed by atoms with E-state index in [1.807, 2.05) is 41.2 Å². The molecule has 0 spiro atoms. The molecule has 1 aliphatic heterocycles. The highest BCUT2D eigenvalue weighted by Gasteiger charge is 2.32. The van der Waals surface area contributed by atoms with Gasteiger partial charge in [0.25, 0.3) is 5.91 Å². The Hall–Kier alpha value is -2.56. The van der Waals surface area contributed by atoms with Crippen molar-refractivity contribution in [1.29, 1.82) is 0 Å². The third kappa shape index (κ3) is 2.74. The van der Waals surface area contributed by atoms with Crippen molar-refractivity contribution in [3.8, 4) is 5.69 Å². The normalized spacial score (nSPS) is 18.2. The molecule has 1 amide bonds. The van der Waals surface area contributed by atoms with Gasteiger partial charge in [0.15, 0.2) is 0 Å². The van der Waals surface area contributed by atoms with Crippen molar-refractivity contribution in [2.24, 2.45) is 0 Å². The van der Waals surface area contributed by atoms with Crippen LogP contribution in [0.4, 0.5) is 0 Å². The van der Waals surface area contributed by atoms with Crippen molar-refractivity contribution in [1.82, 2.24) is 9.47 Å². The van der Waals surface area contributed by atoms with E-state index < -0.39 is 12.0 Å². The first-order chi connectivity index (χ1) is 10.7. The first kappa shape index (κ1) is 14.4. The molecule has 3 rings (SSSR count). The molecule has 1 aromatic carbocycles. The molecule has 1 saturated heterocycles. The molecule has 0 saturated carbocycles. The van der Waals surface area contributed by atoms with Crippen LogP contribution in [0.15, 0.2) is 48.8 Å². The molecule has 5 nitrogen and oxygen atoms in total. The monoisotopic (exact) mass is 298 g/mol. The molecule has 1 aliphatic rings. The van der Waals surface area contributed by atoms with Crippen LogP contribution in [-0.4, -0.2) is 39.0 Å². The molecule has 0 aliphatic carbocycles. The maximum Gasteiger partial charge on any atom is 0.326 e. The standard InChI is InChI=1S/C17H18N2O3/c20-16(19-11-2-1-8-15(19)17(21)22)13-6-5-7-14(12-13)18-9-3-4-10-18/h3-7,9-10,12,15H,1-2,8,11H2,(H,21,22)/t15-/m1/s1. The van der Waals surface area contributed by atoms with E-state index in [-0.39, 0.29) is 5.91 Å². The van der Waals surface area contributed by atoms with Crippen LogP contribution in [-0.2, 0) is 4.79 Å². The molecular formula is C17H18N2O3. The zero-order chi connectivity index (χ0) is 15.5. The Morgan fingerprint density at radius 1 is 1.09 bits per heavy atom. The van der Waals surface area contributed by atoms with Gasteiger partial charge in [0.1, 0.15) is 6.04 Å². The molecule has 1 atom stereocenters. The molecule has 114 valence electrons. The second kappa shape index (κ2) is 6.05. The van der Waals surface area contributed by atoms with Gasteiger partial charge in [-0.2, -0.15) is 0 Å². The number of piperidine rings is 1. The molecule has 1 fully saturated rings. The molecule has 0 bridgehead atoms. The van der Waals surface area contributed by atoms with E-state index in [4.69, 9.17) is 0 Å². The molecule has 1 aromatic heterocycles. The van der Waals surface area contributed by atoms with Crippen molar-refractivity contribution in [2.45, 2.75) is 25.3 Å². The van der Waals surface area contributed by atoms with Crippen LogP contribution in [0.1, 0.15) is 29.6 Å². The minimum atomic E-state index is -0.922. The number of benzene rings is 1. The highest BCUT2D eigenvalue weighted by molar-refractivity contribution is 5.97. The summed E-state index contributed by atoms with van der Waals surface area (Å²) in [7, 11) is 0. The van der Waals surface area contributed by atoms with Crippen LogP contribution in [0, 0.1) is 0 Å². The van der Waals surface area contributed by atoms with Crippen LogP contribution in [0.25, 0.3) is 5.69 Å². The van der Waals surface area contributed by atoms with Gasteiger partial charge in [-0.1, -0.05) is 6.07 Å². The third-order valence-electron chi connectivity index (χ3n) is 4.04. The number of amides is 1. The molecule has 2 heterocycles. The number of aromatic nitrogens is 1. The summed E-state index contributed by atoms with van der Waals surface area (Å²) in [5.74, 6) is -1.13. The zero-order valence-electron chi connectivity index (χ0n) is 12.2. The average molecular weight is 298 g/mol. The number of aliphatic carboxylic acids is 1. The Morgan fingerprint density at radius 3 is 2.59 bits per heavy atom. The minimum absolute atomic E-state index is 0.207. The molecular weight excluding hydrogens is 280 g/mol. The van der Waals surface area contributed by atoms with E-state index in [2.05, 4.69) is 0 Å². The molecule has 5 heteroatoms. The molecule has 0 radical (unpaired) electrons. The minimum Gasteiger partial charge on any atom is -0.480 e. The summed E-state index contributed by atoms with van der Waals surface area (Å²) in [4.78, 5) is 25.5. The van der Waals surface area contributed by atoms with Crippen molar-refractivity contribution in [3.63, 3.8) is 0 Å². The Bertz CT molecular complexity index is 679. The smallest absolute Gasteiger partial charge is 0.326 e. The van der Waals surface area contributed by atoms with Gasteiger partial charge >= 0.3 is 5.97 Å². The number of carbonyl (C=O) groups excluding carboxylic acids is 1. The lowest BCUT2D eigenvalue weighted by molar-refractivity contribution is -0.143. The summed E-state index contributed by atoms with van der Waals surface area (Å²) in [5.41, 5.74) is 1.42. The van der Waals surface area contributed by atoms with E-state index >= 15 is 0 Å². The summed E-state index contributed by atoms with van der Waals surface area (Å²) in [5, 5.41) is 9.31. The molecule has 1 N–H and O–H groups in total. The largest absolute Gasteiger partial charge is 0.480 e. The van der Waals surface area contributed by atoms with E-state index in [0.717, 1.165) is 18.5 Å². The van der Waals surface area contributed by atoms with Crippen molar-refractivity contribution >= 4 is 11.9 Å². The Morgan fingerprint density at radius 2 is 1.86 bits per heavy atom. The number of hydrogen-bond donors (Lipinski definition) is 1. The summed E-state index contributed by atoms with van der Waals surface area (Å²) in [6.07, 6.45) is 6.05. The summed E-state index contributed by atoms with van der Waals surface area (Å²) < 4.78 is 1.92. The number of nitrogens with zero attached hydrogens (tertiary/aromatic N) is 2. The second-order valence-electron chi connectivity index (χ2n) is 5.49. The quantitative estimate of drug-likeness (QED) is 0.947. The van der Waals surface area contributed by atoms with Crippen LogP contribution >= 0.6 is 0 Å². The van der Waals surface area contributed by atoms with Gasteiger partial charge in [-0.3, -0.25) is 4.79 Å². The predicted molar refractivity (Wildman–Crippen MR) is 82.1 cm³/mol. The second-order valence-corrected chi connectivity index (χ2v) is 5.49. The summed E-state index contributed by atoms with van der Waals surface area (Å²) in [6.45, 7) is 0.504. The maximum atomic E-state index is 12.7. The topological polar surface area (TPSA) is 62.5 Å². The van der Waals surface area contributed by atoms with Gasteiger partial charge in [-0.25, -0.2) is 4.79 Å². The van der Waals surface area contributed by atoms with Crippen molar-refractivity contribution in [3.05, 3.63) is 54.4 Å². The van der Waals surface area contributed by atoms with E-state index in [1.165, 1.54) is 4.90 Å². The summed E-state index contributed by atoms with van der Waals surface area (Å²) in [6, 6.07) is 10.4.